The molecule has 4 rings (SSSR count). The van der Waals surface area contributed by atoms with Gasteiger partial charge >= 0.3 is 6.18 Å². The Hall–Kier alpha value is -2.85. The molecule has 0 saturated heterocycles. The van der Waals surface area contributed by atoms with Gasteiger partial charge in [0.25, 0.3) is 5.91 Å². The number of amides is 1. The molecule has 30 heavy (non-hydrogen) atoms. The summed E-state index contributed by atoms with van der Waals surface area (Å²) < 4.78 is 49.1. The number of benzene rings is 1. The fourth-order valence-corrected chi connectivity index (χ4v) is 3.76. The lowest BCUT2D eigenvalue weighted by atomic mass is 9.94. The van der Waals surface area contributed by atoms with Crippen LogP contribution in [0.3, 0.4) is 0 Å². The summed E-state index contributed by atoms with van der Waals surface area (Å²) in [5.74, 6) is -0.187. The van der Waals surface area contributed by atoms with Crippen LogP contribution in [-0.4, -0.2) is 52.6 Å². The standard InChI is InChI=1S/C20H19F3N2O5/c21-20(22,23)16-4-2-11(9-24-16)12-8-13(26)18(27)17(12)25-19(28)10-1-3-14-15(7-10)30-6-5-29-14/h1-4,7,9,12-13,17-18,26-27H,5-6,8H2,(H,25,28)/t12-,13-,17-,18-/m1/s1. The van der Waals surface area contributed by atoms with Crippen molar-refractivity contribution < 1.29 is 37.7 Å². The lowest BCUT2D eigenvalue weighted by Gasteiger charge is -2.24. The molecule has 1 aliphatic heterocycles. The van der Waals surface area contributed by atoms with Gasteiger partial charge in [-0.25, -0.2) is 0 Å². The van der Waals surface area contributed by atoms with Crippen LogP contribution >= 0.6 is 0 Å². The Morgan fingerprint density at radius 1 is 1.10 bits per heavy atom. The molecule has 160 valence electrons. The molecule has 4 atom stereocenters. The average Bonchev–Trinajstić information content (AvgIpc) is 3.01. The number of hydrogen-bond donors (Lipinski definition) is 3. The third-order valence-corrected chi connectivity index (χ3v) is 5.30. The van der Waals surface area contributed by atoms with E-state index in [0.717, 1.165) is 12.3 Å². The summed E-state index contributed by atoms with van der Waals surface area (Å²) >= 11 is 0. The van der Waals surface area contributed by atoms with Crippen LogP contribution in [-0.2, 0) is 6.18 Å². The number of aliphatic hydroxyl groups is 2. The van der Waals surface area contributed by atoms with E-state index in [-0.39, 0.29) is 12.0 Å². The van der Waals surface area contributed by atoms with Gasteiger partial charge in [-0.1, -0.05) is 6.07 Å². The number of carbonyl (C=O) groups excluding carboxylic acids is 1. The molecule has 3 N–H and O–H groups in total. The number of nitrogens with one attached hydrogen (secondary N) is 1. The normalized spacial score (nSPS) is 25.8. The molecule has 2 aliphatic rings. The number of ether oxygens (including phenoxy) is 2. The Morgan fingerprint density at radius 3 is 2.50 bits per heavy atom. The molecule has 2 heterocycles. The molecule has 7 nitrogen and oxygen atoms in total. The Morgan fingerprint density at radius 2 is 1.83 bits per heavy atom. The van der Waals surface area contributed by atoms with E-state index in [9.17, 15) is 28.2 Å². The van der Waals surface area contributed by atoms with Crippen LogP contribution in [0.4, 0.5) is 13.2 Å². The molecular weight excluding hydrogens is 405 g/mol. The molecule has 1 amide bonds. The van der Waals surface area contributed by atoms with Crippen LogP contribution in [0.2, 0.25) is 0 Å². The molecule has 0 unspecified atom stereocenters. The SMILES string of the molecule is O=C(N[C@H]1[C@H](O)[C@H](O)C[C@@H]1c1ccc(C(F)(F)F)nc1)c1ccc2c(c1)OCCO2. The van der Waals surface area contributed by atoms with Crippen molar-refractivity contribution in [2.75, 3.05) is 13.2 Å². The summed E-state index contributed by atoms with van der Waals surface area (Å²) in [4.78, 5) is 16.2. The zero-order valence-electron chi connectivity index (χ0n) is 15.6. The fraction of sp³-hybridized carbons (Fsp3) is 0.400. The minimum Gasteiger partial charge on any atom is -0.486 e. The van der Waals surface area contributed by atoms with Crippen LogP contribution in [0.5, 0.6) is 11.5 Å². The molecule has 0 bridgehead atoms. The molecular formula is C20H19F3N2O5. The van der Waals surface area contributed by atoms with Gasteiger partial charge in [-0.2, -0.15) is 13.2 Å². The number of fused-ring (bicyclic) bond motifs is 1. The Balaban J connectivity index is 1.54. The summed E-state index contributed by atoms with van der Waals surface area (Å²) in [7, 11) is 0. The van der Waals surface area contributed by atoms with Gasteiger partial charge in [0.15, 0.2) is 11.5 Å². The number of carbonyl (C=O) groups is 1. The van der Waals surface area contributed by atoms with E-state index in [1.807, 2.05) is 0 Å². The van der Waals surface area contributed by atoms with Gasteiger partial charge < -0.3 is 25.0 Å². The second-order valence-corrected chi connectivity index (χ2v) is 7.23. The van der Waals surface area contributed by atoms with Crippen LogP contribution in [0.1, 0.15) is 34.0 Å². The van der Waals surface area contributed by atoms with Crippen LogP contribution in [0, 0.1) is 0 Å². The number of nitrogens with zero attached hydrogens (tertiary/aromatic N) is 1. The highest BCUT2D eigenvalue weighted by atomic mass is 19.4. The van der Waals surface area contributed by atoms with Crippen molar-refractivity contribution in [3.05, 3.63) is 53.3 Å². The molecule has 2 aromatic rings. The van der Waals surface area contributed by atoms with Crippen molar-refractivity contribution in [2.24, 2.45) is 0 Å². The number of pyridine rings is 1. The molecule has 0 spiro atoms. The zero-order chi connectivity index (χ0) is 21.5. The first-order chi connectivity index (χ1) is 14.2. The zero-order valence-corrected chi connectivity index (χ0v) is 15.6. The number of hydrogen-bond acceptors (Lipinski definition) is 6. The van der Waals surface area contributed by atoms with Crippen molar-refractivity contribution in [1.29, 1.82) is 0 Å². The first-order valence-corrected chi connectivity index (χ1v) is 9.34. The van der Waals surface area contributed by atoms with Gasteiger partial charge in [0, 0.05) is 17.7 Å². The van der Waals surface area contributed by atoms with Crippen LogP contribution in [0.25, 0.3) is 0 Å². The molecule has 1 aliphatic carbocycles. The summed E-state index contributed by atoms with van der Waals surface area (Å²) in [5, 5.41) is 23.1. The van der Waals surface area contributed by atoms with E-state index >= 15 is 0 Å². The third kappa shape index (κ3) is 3.92. The highest BCUT2D eigenvalue weighted by Crippen LogP contribution is 2.37. The third-order valence-electron chi connectivity index (χ3n) is 5.30. The Bertz CT molecular complexity index is 935. The largest absolute Gasteiger partial charge is 0.486 e. The lowest BCUT2D eigenvalue weighted by Crippen LogP contribution is -2.45. The van der Waals surface area contributed by atoms with Gasteiger partial charge in [-0.3, -0.25) is 9.78 Å². The minimum atomic E-state index is -4.57. The van der Waals surface area contributed by atoms with Gasteiger partial charge in [0.05, 0.1) is 12.1 Å². The average molecular weight is 424 g/mol. The van der Waals surface area contributed by atoms with E-state index in [2.05, 4.69) is 10.3 Å². The summed E-state index contributed by atoms with van der Waals surface area (Å²) in [6.45, 7) is 0.766. The van der Waals surface area contributed by atoms with Gasteiger partial charge in [0.1, 0.15) is 25.0 Å². The second kappa shape index (κ2) is 7.77. The van der Waals surface area contributed by atoms with Crippen molar-refractivity contribution in [1.82, 2.24) is 10.3 Å². The minimum absolute atomic E-state index is 0.0697. The summed E-state index contributed by atoms with van der Waals surface area (Å²) in [6, 6.07) is 5.83. The highest BCUT2D eigenvalue weighted by molar-refractivity contribution is 5.95. The van der Waals surface area contributed by atoms with Crippen molar-refractivity contribution in [3.8, 4) is 11.5 Å². The predicted octanol–water partition coefficient (Wildman–Crippen LogP) is 1.88. The van der Waals surface area contributed by atoms with Gasteiger partial charge in [0.2, 0.25) is 0 Å². The number of alkyl halides is 3. The summed E-state index contributed by atoms with van der Waals surface area (Å²) in [5.41, 5.74) is -0.398. The van der Waals surface area contributed by atoms with E-state index in [0.29, 0.717) is 30.3 Å². The molecule has 0 radical (unpaired) electrons. The highest BCUT2D eigenvalue weighted by Gasteiger charge is 2.43. The Kier molecular flexibility index (Phi) is 5.29. The molecule has 1 saturated carbocycles. The van der Waals surface area contributed by atoms with Crippen molar-refractivity contribution in [2.45, 2.75) is 36.8 Å². The summed E-state index contributed by atoms with van der Waals surface area (Å²) in [6.07, 6.45) is -5.86. The quantitative estimate of drug-likeness (QED) is 0.696. The van der Waals surface area contributed by atoms with Crippen LogP contribution < -0.4 is 14.8 Å². The monoisotopic (exact) mass is 424 g/mol. The van der Waals surface area contributed by atoms with Crippen molar-refractivity contribution >= 4 is 5.91 Å². The fourth-order valence-electron chi connectivity index (χ4n) is 3.76. The predicted molar refractivity (Wildman–Crippen MR) is 97.3 cm³/mol. The molecule has 1 fully saturated rings. The number of rotatable bonds is 3. The first-order valence-electron chi connectivity index (χ1n) is 9.34. The van der Waals surface area contributed by atoms with E-state index in [1.165, 1.54) is 18.2 Å². The second-order valence-electron chi connectivity index (χ2n) is 7.23. The maximum absolute atomic E-state index is 12.8. The molecule has 1 aromatic heterocycles. The van der Waals surface area contributed by atoms with Crippen molar-refractivity contribution in [3.63, 3.8) is 0 Å². The number of aliphatic hydroxyl groups excluding tert-OH is 2. The first kappa shape index (κ1) is 20.4. The lowest BCUT2D eigenvalue weighted by molar-refractivity contribution is -0.141. The van der Waals surface area contributed by atoms with E-state index in [4.69, 9.17) is 9.47 Å². The topological polar surface area (TPSA) is 101 Å². The maximum Gasteiger partial charge on any atom is 0.433 e. The molecule has 10 heteroatoms. The molecule has 1 aromatic carbocycles. The van der Waals surface area contributed by atoms with E-state index < -0.39 is 41.9 Å². The van der Waals surface area contributed by atoms with Crippen LogP contribution in [0.15, 0.2) is 36.5 Å². The number of aromatic nitrogens is 1. The van der Waals surface area contributed by atoms with Gasteiger partial charge in [-0.15, -0.1) is 0 Å². The smallest absolute Gasteiger partial charge is 0.433 e. The van der Waals surface area contributed by atoms with Gasteiger partial charge in [-0.05, 0) is 36.2 Å². The Labute approximate surface area is 169 Å². The number of halogens is 3. The maximum atomic E-state index is 12.8. The van der Waals surface area contributed by atoms with E-state index in [1.54, 1.807) is 6.07 Å².